The highest BCUT2D eigenvalue weighted by atomic mass is 16.7. The Hall–Kier alpha value is -1.22. The molecule has 0 atom stereocenters. The number of ether oxygens (including phenoxy) is 2. The molecule has 82 valence electrons. The van der Waals surface area contributed by atoms with E-state index in [1.165, 1.54) is 5.56 Å². The summed E-state index contributed by atoms with van der Waals surface area (Å²) in [5.74, 6) is 1.68. The Morgan fingerprint density at radius 3 is 2.73 bits per heavy atom. The summed E-state index contributed by atoms with van der Waals surface area (Å²) in [5.41, 5.74) is 6.95. The molecule has 0 radical (unpaired) electrons. The quantitative estimate of drug-likeness (QED) is 0.825. The van der Waals surface area contributed by atoms with E-state index < -0.39 is 0 Å². The largest absolute Gasteiger partial charge is 0.454 e. The third kappa shape index (κ3) is 1.92. The zero-order chi connectivity index (χ0) is 10.9. The molecule has 0 bridgehead atoms. The summed E-state index contributed by atoms with van der Waals surface area (Å²) in [4.78, 5) is 0. The van der Waals surface area contributed by atoms with Crippen LogP contribution in [-0.4, -0.2) is 13.3 Å². The molecule has 1 aliphatic rings. The predicted molar refractivity (Wildman–Crippen MR) is 59.3 cm³/mol. The monoisotopic (exact) mass is 207 g/mol. The van der Waals surface area contributed by atoms with Crippen molar-refractivity contribution >= 4 is 0 Å². The Labute approximate surface area is 90.2 Å². The van der Waals surface area contributed by atoms with Crippen molar-refractivity contribution in [3.8, 4) is 11.5 Å². The van der Waals surface area contributed by atoms with Crippen LogP contribution in [0.4, 0.5) is 0 Å². The SMILES string of the molecule is CC(C)(CCN)c1ccc2c(c1)OCO2. The van der Waals surface area contributed by atoms with Gasteiger partial charge in [-0.2, -0.15) is 0 Å². The van der Waals surface area contributed by atoms with Crippen molar-refractivity contribution in [3.63, 3.8) is 0 Å². The number of hydrogen-bond acceptors (Lipinski definition) is 3. The van der Waals surface area contributed by atoms with Crippen molar-refractivity contribution in [3.05, 3.63) is 23.8 Å². The minimum absolute atomic E-state index is 0.0930. The van der Waals surface area contributed by atoms with Crippen LogP contribution in [0.15, 0.2) is 18.2 Å². The van der Waals surface area contributed by atoms with Gasteiger partial charge in [-0.1, -0.05) is 19.9 Å². The molecular weight excluding hydrogens is 190 g/mol. The van der Waals surface area contributed by atoms with E-state index >= 15 is 0 Å². The van der Waals surface area contributed by atoms with Crippen LogP contribution in [0, 0.1) is 0 Å². The first-order chi connectivity index (χ1) is 7.13. The maximum Gasteiger partial charge on any atom is 0.231 e. The topological polar surface area (TPSA) is 44.5 Å². The summed E-state index contributed by atoms with van der Waals surface area (Å²) in [5, 5.41) is 0. The molecule has 1 aromatic carbocycles. The Balaban J connectivity index is 2.29. The average Bonchev–Trinajstić information content (AvgIpc) is 2.63. The minimum Gasteiger partial charge on any atom is -0.454 e. The van der Waals surface area contributed by atoms with E-state index in [0.717, 1.165) is 17.9 Å². The first-order valence-electron chi connectivity index (χ1n) is 5.24. The van der Waals surface area contributed by atoms with Crippen molar-refractivity contribution in [2.24, 2.45) is 5.73 Å². The van der Waals surface area contributed by atoms with Gasteiger partial charge in [-0.05, 0) is 36.1 Å². The van der Waals surface area contributed by atoms with Gasteiger partial charge in [0, 0.05) is 0 Å². The molecule has 1 aliphatic heterocycles. The second-order valence-corrected chi connectivity index (χ2v) is 4.49. The van der Waals surface area contributed by atoms with Gasteiger partial charge in [0.05, 0.1) is 0 Å². The summed E-state index contributed by atoms with van der Waals surface area (Å²) in [6.07, 6.45) is 0.965. The lowest BCUT2D eigenvalue weighted by atomic mass is 9.81. The van der Waals surface area contributed by atoms with Gasteiger partial charge < -0.3 is 15.2 Å². The first kappa shape index (κ1) is 10.3. The number of fused-ring (bicyclic) bond motifs is 1. The molecule has 0 saturated carbocycles. The van der Waals surface area contributed by atoms with E-state index in [0.29, 0.717) is 13.3 Å². The van der Waals surface area contributed by atoms with Gasteiger partial charge in [0.2, 0.25) is 6.79 Å². The lowest BCUT2D eigenvalue weighted by Gasteiger charge is -2.24. The zero-order valence-corrected chi connectivity index (χ0v) is 9.25. The molecule has 0 saturated heterocycles. The van der Waals surface area contributed by atoms with E-state index in [4.69, 9.17) is 15.2 Å². The number of benzene rings is 1. The molecule has 3 heteroatoms. The third-order valence-corrected chi connectivity index (χ3v) is 2.92. The maximum absolute atomic E-state index is 5.61. The van der Waals surface area contributed by atoms with Crippen LogP contribution >= 0.6 is 0 Å². The molecule has 0 aromatic heterocycles. The smallest absolute Gasteiger partial charge is 0.231 e. The summed E-state index contributed by atoms with van der Waals surface area (Å²) in [6, 6.07) is 6.11. The molecule has 15 heavy (non-hydrogen) atoms. The minimum atomic E-state index is 0.0930. The first-order valence-corrected chi connectivity index (χ1v) is 5.24. The van der Waals surface area contributed by atoms with Crippen molar-refractivity contribution in [2.75, 3.05) is 13.3 Å². The fourth-order valence-corrected chi connectivity index (χ4v) is 1.82. The number of hydrogen-bond donors (Lipinski definition) is 1. The maximum atomic E-state index is 5.61. The van der Waals surface area contributed by atoms with E-state index in [-0.39, 0.29) is 5.41 Å². The van der Waals surface area contributed by atoms with Crippen LogP contribution in [0.1, 0.15) is 25.8 Å². The highest BCUT2D eigenvalue weighted by Crippen LogP contribution is 2.37. The molecule has 0 aliphatic carbocycles. The van der Waals surface area contributed by atoms with Crippen LogP contribution in [-0.2, 0) is 5.41 Å². The molecule has 1 aromatic rings. The van der Waals surface area contributed by atoms with Gasteiger partial charge in [-0.15, -0.1) is 0 Å². The summed E-state index contributed by atoms with van der Waals surface area (Å²) in [6.45, 7) is 5.41. The van der Waals surface area contributed by atoms with E-state index in [1.54, 1.807) is 0 Å². The van der Waals surface area contributed by atoms with Gasteiger partial charge in [0.25, 0.3) is 0 Å². The fraction of sp³-hybridized carbons (Fsp3) is 0.500. The molecule has 0 amide bonds. The molecule has 3 nitrogen and oxygen atoms in total. The van der Waals surface area contributed by atoms with Crippen LogP contribution in [0.2, 0.25) is 0 Å². The molecule has 2 rings (SSSR count). The molecule has 0 fully saturated rings. The number of nitrogens with two attached hydrogens (primary N) is 1. The lowest BCUT2D eigenvalue weighted by molar-refractivity contribution is 0.174. The molecule has 2 N–H and O–H groups in total. The van der Waals surface area contributed by atoms with Crippen molar-refractivity contribution < 1.29 is 9.47 Å². The molecule has 1 heterocycles. The van der Waals surface area contributed by atoms with E-state index in [2.05, 4.69) is 26.0 Å². The van der Waals surface area contributed by atoms with E-state index in [1.807, 2.05) is 6.07 Å². The predicted octanol–water partition coefficient (Wildman–Crippen LogP) is 2.04. The van der Waals surface area contributed by atoms with E-state index in [9.17, 15) is 0 Å². The summed E-state index contributed by atoms with van der Waals surface area (Å²) in [7, 11) is 0. The summed E-state index contributed by atoms with van der Waals surface area (Å²) >= 11 is 0. The second-order valence-electron chi connectivity index (χ2n) is 4.49. The Morgan fingerprint density at radius 2 is 2.00 bits per heavy atom. The van der Waals surface area contributed by atoms with Crippen molar-refractivity contribution in [2.45, 2.75) is 25.7 Å². The fourth-order valence-electron chi connectivity index (χ4n) is 1.82. The summed E-state index contributed by atoms with van der Waals surface area (Å²) < 4.78 is 10.6. The van der Waals surface area contributed by atoms with Gasteiger partial charge in [-0.25, -0.2) is 0 Å². The Bertz CT molecular complexity index is 361. The van der Waals surface area contributed by atoms with Gasteiger partial charge in [0.15, 0.2) is 11.5 Å². The normalized spacial score (nSPS) is 14.3. The highest BCUT2D eigenvalue weighted by molar-refractivity contribution is 5.46. The van der Waals surface area contributed by atoms with Gasteiger partial charge >= 0.3 is 0 Å². The lowest BCUT2D eigenvalue weighted by Crippen LogP contribution is -2.21. The average molecular weight is 207 g/mol. The van der Waals surface area contributed by atoms with Crippen LogP contribution in [0.5, 0.6) is 11.5 Å². The second kappa shape index (κ2) is 3.74. The Morgan fingerprint density at radius 1 is 1.27 bits per heavy atom. The molecule has 0 spiro atoms. The van der Waals surface area contributed by atoms with Crippen molar-refractivity contribution in [1.29, 1.82) is 0 Å². The zero-order valence-electron chi connectivity index (χ0n) is 9.25. The highest BCUT2D eigenvalue weighted by Gasteiger charge is 2.22. The number of rotatable bonds is 3. The molecule has 0 unspecified atom stereocenters. The van der Waals surface area contributed by atoms with Crippen molar-refractivity contribution in [1.82, 2.24) is 0 Å². The standard InChI is InChI=1S/C12H17NO2/c1-12(2,5-6-13)9-3-4-10-11(7-9)15-8-14-10/h3-4,7H,5-6,8,13H2,1-2H3. The molecular formula is C12H17NO2. The third-order valence-electron chi connectivity index (χ3n) is 2.92. The van der Waals surface area contributed by atoms with Crippen LogP contribution in [0.3, 0.4) is 0 Å². The van der Waals surface area contributed by atoms with Crippen LogP contribution < -0.4 is 15.2 Å². The van der Waals surface area contributed by atoms with Crippen LogP contribution in [0.25, 0.3) is 0 Å². The van der Waals surface area contributed by atoms with Gasteiger partial charge in [-0.3, -0.25) is 0 Å². The Kier molecular flexibility index (Phi) is 2.57. The van der Waals surface area contributed by atoms with Gasteiger partial charge in [0.1, 0.15) is 0 Å².